The van der Waals surface area contributed by atoms with E-state index in [1.54, 1.807) is 24.1 Å². The Balaban J connectivity index is 2.06. The first kappa shape index (κ1) is 14.5. The Bertz CT molecular complexity index is 481. The van der Waals surface area contributed by atoms with E-state index in [1.807, 2.05) is 0 Å². The van der Waals surface area contributed by atoms with Gasteiger partial charge in [-0.15, -0.1) is 0 Å². The number of amides is 1. The Hall–Kier alpha value is -0.940. The molecule has 1 aromatic carbocycles. The monoisotopic (exact) mass is 328 g/mol. The first-order chi connectivity index (χ1) is 8.99. The molecule has 0 spiro atoms. The second kappa shape index (κ2) is 6.01. The number of halogens is 2. The van der Waals surface area contributed by atoms with Gasteiger partial charge in [0.25, 0.3) is 0 Å². The van der Waals surface area contributed by atoms with Crippen LogP contribution in [0.3, 0.4) is 0 Å². The van der Waals surface area contributed by atoms with E-state index in [1.165, 1.54) is 6.07 Å². The number of hydrogen-bond donors (Lipinski definition) is 1. The van der Waals surface area contributed by atoms with Crippen molar-refractivity contribution >= 4 is 21.8 Å². The van der Waals surface area contributed by atoms with Crippen molar-refractivity contribution in [1.82, 2.24) is 4.90 Å². The summed E-state index contributed by atoms with van der Waals surface area (Å²) >= 11 is 3.31. The Kier molecular flexibility index (Phi) is 4.58. The zero-order valence-electron chi connectivity index (χ0n) is 10.9. The van der Waals surface area contributed by atoms with Gasteiger partial charge in [0.1, 0.15) is 5.82 Å². The first-order valence-corrected chi connectivity index (χ1v) is 7.23. The van der Waals surface area contributed by atoms with E-state index in [-0.39, 0.29) is 30.2 Å². The summed E-state index contributed by atoms with van der Waals surface area (Å²) in [7, 11) is 1.70. The fraction of sp³-hybridized carbons (Fsp3) is 0.500. The van der Waals surface area contributed by atoms with Crippen LogP contribution in [0.5, 0.6) is 0 Å². The van der Waals surface area contributed by atoms with E-state index in [0.717, 1.165) is 23.7 Å². The molecule has 1 aliphatic carbocycles. The van der Waals surface area contributed by atoms with Gasteiger partial charge in [-0.25, -0.2) is 4.39 Å². The topological polar surface area (TPSA) is 46.3 Å². The summed E-state index contributed by atoms with van der Waals surface area (Å²) in [5.41, 5.74) is 6.45. The SMILES string of the molecule is CN(Cc1cc(Br)ccc1F)C(=O)[C@@H]1CCC[C@H]1N. The van der Waals surface area contributed by atoms with Crippen LogP contribution < -0.4 is 5.73 Å². The molecule has 1 aliphatic rings. The third-order valence-electron chi connectivity index (χ3n) is 3.68. The average Bonchev–Trinajstić information content (AvgIpc) is 2.79. The molecule has 0 aromatic heterocycles. The Morgan fingerprint density at radius 2 is 2.26 bits per heavy atom. The maximum absolute atomic E-state index is 13.7. The molecule has 1 aromatic rings. The van der Waals surface area contributed by atoms with Crippen LogP contribution in [-0.4, -0.2) is 23.9 Å². The molecule has 5 heteroatoms. The van der Waals surface area contributed by atoms with E-state index in [0.29, 0.717) is 5.56 Å². The van der Waals surface area contributed by atoms with Crippen molar-refractivity contribution in [2.24, 2.45) is 11.7 Å². The molecule has 2 N–H and O–H groups in total. The molecule has 2 rings (SSSR count). The molecule has 104 valence electrons. The van der Waals surface area contributed by atoms with Crippen LogP contribution in [0, 0.1) is 11.7 Å². The molecule has 19 heavy (non-hydrogen) atoms. The van der Waals surface area contributed by atoms with Crippen LogP contribution in [-0.2, 0) is 11.3 Å². The summed E-state index contributed by atoms with van der Waals surface area (Å²) in [5.74, 6) is -0.386. The number of carbonyl (C=O) groups excluding carboxylic acids is 1. The van der Waals surface area contributed by atoms with Gasteiger partial charge >= 0.3 is 0 Å². The molecular formula is C14H18BrFN2O. The summed E-state index contributed by atoms with van der Waals surface area (Å²) in [4.78, 5) is 13.8. The molecule has 0 saturated heterocycles. The third kappa shape index (κ3) is 3.34. The number of nitrogens with zero attached hydrogens (tertiary/aromatic N) is 1. The minimum Gasteiger partial charge on any atom is -0.341 e. The van der Waals surface area contributed by atoms with Crippen LogP contribution in [0.1, 0.15) is 24.8 Å². The molecule has 1 amide bonds. The smallest absolute Gasteiger partial charge is 0.227 e. The third-order valence-corrected chi connectivity index (χ3v) is 4.17. The summed E-state index contributed by atoms with van der Waals surface area (Å²) in [6.07, 6.45) is 2.73. The van der Waals surface area contributed by atoms with Crippen molar-refractivity contribution in [1.29, 1.82) is 0 Å². The van der Waals surface area contributed by atoms with E-state index >= 15 is 0 Å². The minimum atomic E-state index is -0.293. The molecule has 0 heterocycles. The van der Waals surface area contributed by atoms with Gasteiger partial charge in [-0.1, -0.05) is 22.4 Å². The molecule has 0 radical (unpaired) electrons. The van der Waals surface area contributed by atoms with Crippen molar-refractivity contribution in [3.8, 4) is 0 Å². The highest BCUT2D eigenvalue weighted by molar-refractivity contribution is 9.10. The highest BCUT2D eigenvalue weighted by Gasteiger charge is 2.32. The van der Waals surface area contributed by atoms with Crippen LogP contribution >= 0.6 is 15.9 Å². The van der Waals surface area contributed by atoms with Gasteiger partial charge in [0.2, 0.25) is 5.91 Å². The minimum absolute atomic E-state index is 0.0179. The molecular weight excluding hydrogens is 311 g/mol. The number of benzene rings is 1. The van der Waals surface area contributed by atoms with Crippen molar-refractivity contribution in [2.75, 3.05) is 7.05 Å². The maximum Gasteiger partial charge on any atom is 0.227 e. The summed E-state index contributed by atoms with van der Waals surface area (Å²) in [5, 5.41) is 0. The number of hydrogen-bond acceptors (Lipinski definition) is 2. The normalized spacial score (nSPS) is 22.5. The van der Waals surface area contributed by atoms with Gasteiger partial charge in [0.15, 0.2) is 0 Å². The van der Waals surface area contributed by atoms with Crippen molar-refractivity contribution < 1.29 is 9.18 Å². The molecule has 1 saturated carbocycles. The van der Waals surface area contributed by atoms with Crippen LogP contribution in [0.2, 0.25) is 0 Å². The maximum atomic E-state index is 13.7. The molecule has 2 atom stereocenters. The highest BCUT2D eigenvalue weighted by Crippen LogP contribution is 2.26. The largest absolute Gasteiger partial charge is 0.341 e. The molecule has 1 fully saturated rings. The van der Waals surface area contributed by atoms with Crippen molar-refractivity contribution in [2.45, 2.75) is 31.8 Å². The van der Waals surface area contributed by atoms with Crippen LogP contribution in [0.4, 0.5) is 4.39 Å². The number of carbonyl (C=O) groups is 1. The fourth-order valence-corrected chi connectivity index (χ4v) is 2.98. The van der Waals surface area contributed by atoms with Gasteiger partial charge < -0.3 is 10.6 Å². The van der Waals surface area contributed by atoms with Crippen molar-refractivity contribution in [3.05, 3.63) is 34.1 Å². The van der Waals surface area contributed by atoms with Crippen LogP contribution in [0.25, 0.3) is 0 Å². The lowest BCUT2D eigenvalue weighted by Crippen LogP contribution is -2.39. The lowest BCUT2D eigenvalue weighted by Gasteiger charge is -2.23. The zero-order valence-corrected chi connectivity index (χ0v) is 12.5. The van der Waals surface area contributed by atoms with Gasteiger partial charge in [-0.05, 0) is 31.0 Å². The van der Waals surface area contributed by atoms with Crippen molar-refractivity contribution in [3.63, 3.8) is 0 Å². The van der Waals surface area contributed by atoms with E-state index in [2.05, 4.69) is 15.9 Å². The predicted octanol–water partition coefficient (Wildman–Crippen LogP) is 2.67. The van der Waals surface area contributed by atoms with E-state index in [4.69, 9.17) is 5.73 Å². The molecule has 0 aliphatic heterocycles. The lowest BCUT2D eigenvalue weighted by atomic mass is 10.0. The highest BCUT2D eigenvalue weighted by atomic mass is 79.9. The number of rotatable bonds is 3. The van der Waals surface area contributed by atoms with Gasteiger partial charge in [-0.2, -0.15) is 0 Å². The summed E-state index contributed by atoms with van der Waals surface area (Å²) < 4.78 is 14.5. The van der Waals surface area contributed by atoms with E-state index in [9.17, 15) is 9.18 Å². The molecule has 3 nitrogen and oxygen atoms in total. The summed E-state index contributed by atoms with van der Waals surface area (Å²) in [6.45, 7) is 0.271. The van der Waals surface area contributed by atoms with Gasteiger partial charge in [0, 0.05) is 29.7 Å². The second-order valence-electron chi connectivity index (χ2n) is 5.13. The fourth-order valence-electron chi connectivity index (χ4n) is 2.58. The Morgan fingerprint density at radius 3 is 2.89 bits per heavy atom. The Labute approximate surface area is 121 Å². The first-order valence-electron chi connectivity index (χ1n) is 6.43. The van der Waals surface area contributed by atoms with Crippen LogP contribution in [0.15, 0.2) is 22.7 Å². The zero-order chi connectivity index (χ0) is 14.0. The Morgan fingerprint density at radius 1 is 1.53 bits per heavy atom. The molecule has 0 unspecified atom stereocenters. The summed E-state index contributed by atoms with van der Waals surface area (Å²) in [6, 6.07) is 4.70. The standard InChI is InChI=1S/C14H18BrFN2O/c1-18(14(19)11-3-2-4-13(11)17)8-9-7-10(15)5-6-12(9)16/h5-7,11,13H,2-4,8,17H2,1H3/t11-,13-/m1/s1. The number of nitrogens with two attached hydrogens (primary N) is 1. The second-order valence-corrected chi connectivity index (χ2v) is 6.05. The molecule has 0 bridgehead atoms. The van der Waals surface area contributed by atoms with Gasteiger partial charge in [0.05, 0.1) is 5.92 Å². The quantitative estimate of drug-likeness (QED) is 0.927. The average molecular weight is 329 g/mol. The van der Waals surface area contributed by atoms with E-state index < -0.39 is 0 Å². The lowest BCUT2D eigenvalue weighted by molar-refractivity contribution is -0.134. The van der Waals surface area contributed by atoms with Gasteiger partial charge in [-0.3, -0.25) is 4.79 Å². The predicted molar refractivity (Wildman–Crippen MR) is 75.9 cm³/mol.